The smallest absolute Gasteiger partial charge is 0.227 e. The number of halogens is 1. The largest absolute Gasteiger partial charge is 0.434 e. The van der Waals surface area contributed by atoms with Gasteiger partial charge in [0.2, 0.25) is 5.89 Å². The van der Waals surface area contributed by atoms with Gasteiger partial charge in [0.05, 0.1) is 6.20 Å². The molecule has 0 saturated carbocycles. The monoisotopic (exact) mass is 322 g/mol. The molecule has 0 radical (unpaired) electrons. The molecule has 1 aromatic carbocycles. The van der Waals surface area contributed by atoms with Crippen molar-refractivity contribution in [3.8, 4) is 11.5 Å². The summed E-state index contributed by atoms with van der Waals surface area (Å²) in [7, 11) is 0. The summed E-state index contributed by atoms with van der Waals surface area (Å²) < 4.78 is 6.81. The van der Waals surface area contributed by atoms with E-state index >= 15 is 0 Å². The van der Waals surface area contributed by atoms with E-state index in [1.807, 2.05) is 30.3 Å². The van der Waals surface area contributed by atoms with Crippen molar-refractivity contribution in [1.82, 2.24) is 9.97 Å². The molecule has 0 spiro atoms. The van der Waals surface area contributed by atoms with Crippen LogP contribution in [0.15, 0.2) is 47.1 Å². The zero-order chi connectivity index (χ0) is 11.0. The highest BCUT2D eigenvalue weighted by Gasteiger charge is 2.07. The van der Waals surface area contributed by atoms with Crippen LogP contribution in [0.5, 0.6) is 0 Å². The first-order valence-corrected chi connectivity index (χ1v) is 5.87. The quantitative estimate of drug-likeness (QED) is 0.644. The summed E-state index contributed by atoms with van der Waals surface area (Å²) in [4.78, 5) is 8.40. The Labute approximate surface area is 106 Å². The molecular formula is C12H7IN2O. The fourth-order valence-corrected chi connectivity index (χ4v) is 1.86. The first-order chi connectivity index (χ1) is 7.83. The number of benzene rings is 1. The van der Waals surface area contributed by atoms with Gasteiger partial charge in [-0.1, -0.05) is 0 Å². The van der Waals surface area contributed by atoms with Crippen LogP contribution in [0.2, 0.25) is 0 Å². The second-order valence-electron chi connectivity index (χ2n) is 3.37. The summed E-state index contributed by atoms with van der Waals surface area (Å²) in [6.45, 7) is 0. The summed E-state index contributed by atoms with van der Waals surface area (Å²) in [6.07, 6.45) is 3.39. The van der Waals surface area contributed by atoms with Crippen molar-refractivity contribution < 1.29 is 4.42 Å². The number of aromatic nitrogens is 2. The number of oxazole rings is 1. The zero-order valence-electron chi connectivity index (χ0n) is 8.22. The maximum atomic E-state index is 5.62. The first-order valence-electron chi connectivity index (χ1n) is 4.79. The molecule has 0 bridgehead atoms. The van der Waals surface area contributed by atoms with Crippen molar-refractivity contribution in [2.45, 2.75) is 0 Å². The molecule has 0 saturated heterocycles. The van der Waals surface area contributed by atoms with Gasteiger partial charge >= 0.3 is 0 Å². The molecule has 0 aliphatic rings. The Hall–Kier alpha value is -1.43. The number of hydrogen-bond donors (Lipinski definition) is 0. The van der Waals surface area contributed by atoms with E-state index in [-0.39, 0.29) is 0 Å². The Kier molecular flexibility index (Phi) is 2.36. The maximum absolute atomic E-state index is 5.62. The van der Waals surface area contributed by atoms with E-state index in [4.69, 9.17) is 4.42 Å². The molecule has 0 N–H and O–H groups in total. The van der Waals surface area contributed by atoms with Gasteiger partial charge in [-0.2, -0.15) is 0 Å². The molecule has 0 atom stereocenters. The molecule has 2 heterocycles. The molecule has 0 fully saturated rings. The Morgan fingerprint density at radius 3 is 2.62 bits per heavy atom. The van der Waals surface area contributed by atoms with Crippen molar-refractivity contribution in [1.29, 1.82) is 0 Å². The third-order valence-corrected chi connectivity index (χ3v) is 3.00. The van der Waals surface area contributed by atoms with Crippen LogP contribution >= 0.6 is 22.6 Å². The van der Waals surface area contributed by atoms with Crippen LogP contribution in [0.1, 0.15) is 0 Å². The summed E-state index contributed by atoms with van der Waals surface area (Å²) in [5, 5.41) is 0. The molecule has 78 valence electrons. The summed E-state index contributed by atoms with van der Waals surface area (Å²) >= 11 is 2.27. The average molecular weight is 322 g/mol. The zero-order valence-corrected chi connectivity index (χ0v) is 10.4. The number of rotatable bonds is 1. The van der Waals surface area contributed by atoms with E-state index in [1.54, 1.807) is 12.4 Å². The van der Waals surface area contributed by atoms with E-state index in [0.29, 0.717) is 5.89 Å². The van der Waals surface area contributed by atoms with Crippen LogP contribution in [0.25, 0.3) is 22.6 Å². The Balaban J connectivity index is 2.15. The predicted octanol–water partition coefficient (Wildman–Crippen LogP) is 3.49. The number of pyridine rings is 1. The van der Waals surface area contributed by atoms with Gasteiger partial charge in [-0.25, -0.2) is 4.98 Å². The van der Waals surface area contributed by atoms with Gasteiger partial charge in [-0.15, -0.1) is 0 Å². The van der Waals surface area contributed by atoms with Crippen molar-refractivity contribution in [3.63, 3.8) is 0 Å². The van der Waals surface area contributed by atoms with Gasteiger partial charge in [0.25, 0.3) is 0 Å². The molecule has 4 heteroatoms. The lowest BCUT2D eigenvalue weighted by Gasteiger charge is -1.94. The highest BCUT2D eigenvalue weighted by Crippen LogP contribution is 2.23. The normalized spacial score (nSPS) is 10.8. The van der Waals surface area contributed by atoms with Gasteiger partial charge in [-0.3, -0.25) is 4.98 Å². The molecule has 2 aromatic heterocycles. The van der Waals surface area contributed by atoms with Gasteiger partial charge in [0, 0.05) is 15.3 Å². The van der Waals surface area contributed by atoms with Crippen LogP contribution in [-0.2, 0) is 0 Å². The number of nitrogens with zero attached hydrogens (tertiary/aromatic N) is 2. The molecular weight excluding hydrogens is 315 g/mol. The minimum Gasteiger partial charge on any atom is -0.434 e. The Morgan fingerprint density at radius 2 is 1.88 bits per heavy atom. The van der Waals surface area contributed by atoms with Gasteiger partial charge in [0.1, 0.15) is 5.52 Å². The minimum atomic E-state index is 0.638. The highest BCUT2D eigenvalue weighted by molar-refractivity contribution is 14.1. The lowest BCUT2D eigenvalue weighted by molar-refractivity contribution is 0.618. The van der Waals surface area contributed by atoms with E-state index in [1.165, 1.54) is 3.57 Å². The topological polar surface area (TPSA) is 38.9 Å². The third-order valence-electron chi connectivity index (χ3n) is 2.28. The Morgan fingerprint density at radius 1 is 1.06 bits per heavy atom. The molecule has 3 rings (SSSR count). The first kappa shape index (κ1) is 9.77. The SMILES string of the molecule is Ic1ccc(-c2nc3ccncc3o2)cc1. The minimum absolute atomic E-state index is 0.638. The van der Waals surface area contributed by atoms with Gasteiger partial charge in [0.15, 0.2) is 5.58 Å². The predicted molar refractivity (Wildman–Crippen MR) is 70.0 cm³/mol. The number of hydrogen-bond acceptors (Lipinski definition) is 3. The molecule has 0 amide bonds. The standard InChI is InChI=1S/C12H7IN2O/c13-9-3-1-8(2-4-9)12-15-10-5-6-14-7-11(10)16-12/h1-7H. The van der Waals surface area contributed by atoms with Crippen LogP contribution in [-0.4, -0.2) is 9.97 Å². The van der Waals surface area contributed by atoms with Crippen molar-refractivity contribution in [3.05, 3.63) is 46.3 Å². The molecule has 0 aliphatic heterocycles. The lowest BCUT2D eigenvalue weighted by Crippen LogP contribution is -1.77. The van der Waals surface area contributed by atoms with Gasteiger partial charge < -0.3 is 4.42 Å². The molecule has 3 aromatic rings. The van der Waals surface area contributed by atoms with Gasteiger partial charge in [-0.05, 0) is 52.9 Å². The average Bonchev–Trinajstić information content (AvgIpc) is 2.73. The van der Waals surface area contributed by atoms with E-state index < -0.39 is 0 Å². The molecule has 3 nitrogen and oxygen atoms in total. The van der Waals surface area contributed by atoms with E-state index in [0.717, 1.165) is 16.7 Å². The fourth-order valence-electron chi connectivity index (χ4n) is 1.50. The van der Waals surface area contributed by atoms with Crippen LogP contribution in [0, 0.1) is 3.57 Å². The number of fused-ring (bicyclic) bond motifs is 1. The highest BCUT2D eigenvalue weighted by atomic mass is 127. The van der Waals surface area contributed by atoms with Crippen molar-refractivity contribution in [2.24, 2.45) is 0 Å². The second-order valence-corrected chi connectivity index (χ2v) is 4.61. The van der Waals surface area contributed by atoms with Crippen LogP contribution in [0.4, 0.5) is 0 Å². The van der Waals surface area contributed by atoms with Crippen LogP contribution in [0.3, 0.4) is 0 Å². The Bertz CT molecular complexity index is 598. The summed E-state index contributed by atoms with van der Waals surface area (Å²) in [5.41, 5.74) is 2.54. The maximum Gasteiger partial charge on any atom is 0.227 e. The molecule has 16 heavy (non-hydrogen) atoms. The fraction of sp³-hybridized carbons (Fsp3) is 0. The van der Waals surface area contributed by atoms with Crippen LogP contribution < -0.4 is 0 Å². The van der Waals surface area contributed by atoms with Crippen molar-refractivity contribution >= 4 is 33.7 Å². The summed E-state index contributed by atoms with van der Waals surface area (Å²) in [6, 6.07) is 9.90. The van der Waals surface area contributed by atoms with Crippen molar-refractivity contribution in [2.75, 3.05) is 0 Å². The molecule has 0 aliphatic carbocycles. The third kappa shape index (κ3) is 1.69. The molecule has 0 unspecified atom stereocenters. The van der Waals surface area contributed by atoms with E-state index in [2.05, 4.69) is 32.6 Å². The lowest BCUT2D eigenvalue weighted by atomic mass is 10.2. The van der Waals surface area contributed by atoms with E-state index in [9.17, 15) is 0 Å². The second kappa shape index (κ2) is 3.86. The summed E-state index contributed by atoms with van der Waals surface area (Å²) in [5.74, 6) is 0.638.